The molecule has 0 spiro atoms. The van der Waals surface area contributed by atoms with Crippen LogP contribution < -0.4 is 10.5 Å². The molecule has 0 aliphatic heterocycles. The van der Waals surface area contributed by atoms with Crippen LogP contribution >= 0.6 is 0 Å². The summed E-state index contributed by atoms with van der Waals surface area (Å²) in [5, 5.41) is 0. The number of ether oxygens (including phenoxy) is 1. The summed E-state index contributed by atoms with van der Waals surface area (Å²) < 4.78 is 44.9. The second-order valence-electron chi connectivity index (χ2n) is 4.85. The van der Waals surface area contributed by atoms with Crippen LogP contribution in [0.1, 0.15) is 20.3 Å². The molecule has 20 heavy (non-hydrogen) atoms. The third-order valence-electron chi connectivity index (χ3n) is 2.64. The molecule has 3 N–H and O–H groups in total. The Bertz CT molecular complexity index is 512. The maximum atomic E-state index is 13.5. The molecule has 1 aromatic rings. The molecular weight excluding hydrogens is 283 g/mol. The fourth-order valence-corrected chi connectivity index (χ4v) is 2.75. The van der Waals surface area contributed by atoms with Crippen LogP contribution in [0, 0.1) is 11.7 Å². The molecule has 0 radical (unpaired) electrons. The van der Waals surface area contributed by atoms with E-state index < -0.39 is 20.7 Å². The highest BCUT2D eigenvalue weighted by Gasteiger charge is 2.21. The molecule has 0 saturated carbocycles. The van der Waals surface area contributed by atoms with Crippen molar-refractivity contribution in [2.45, 2.75) is 25.2 Å². The van der Waals surface area contributed by atoms with Crippen LogP contribution in [0.5, 0.6) is 0 Å². The van der Waals surface area contributed by atoms with Gasteiger partial charge in [0.2, 0.25) is 10.0 Å². The molecule has 0 bridgehead atoms. The van der Waals surface area contributed by atoms with Crippen LogP contribution in [-0.4, -0.2) is 28.2 Å². The summed E-state index contributed by atoms with van der Waals surface area (Å²) in [4.78, 5) is -0.512. The minimum atomic E-state index is -3.96. The molecule has 5 nitrogen and oxygen atoms in total. The molecule has 0 atom stereocenters. The summed E-state index contributed by atoms with van der Waals surface area (Å²) in [5.41, 5.74) is 5.39. The topological polar surface area (TPSA) is 81.4 Å². The standard InChI is InChI=1S/C13H21FN2O3S/c1-10(2)6-8-19-9-7-16-20(17,18)13-11(14)4-3-5-12(13)15/h3-5,10,16H,6-9,15H2,1-2H3. The Morgan fingerprint density at radius 2 is 2.05 bits per heavy atom. The number of rotatable bonds is 8. The van der Waals surface area contributed by atoms with E-state index in [-0.39, 0.29) is 18.8 Å². The first kappa shape index (κ1) is 16.9. The van der Waals surface area contributed by atoms with E-state index in [4.69, 9.17) is 10.5 Å². The Morgan fingerprint density at radius 3 is 2.65 bits per heavy atom. The van der Waals surface area contributed by atoms with Crippen molar-refractivity contribution >= 4 is 15.7 Å². The number of nitrogen functional groups attached to an aromatic ring is 1. The van der Waals surface area contributed by atoms with Crippen LogP contribution in [0.2, 0.25) is 0 Å². The van der Waals surface area contributed by atoms with E-state index in [1.54, 1.807) is 0 Å². The molecule has 0 unspecified atom stereocenters. The highest BCUT2D eigenvalue weighted by Crippen LogP contribution is 2.20. The number of nitrogens with two attached hydrogens (primary N) is 1. The quantitative estimate of drug-likeness (QED) is 0.566. The Kier molecular flexibility index (Phi) is 6.38. The SMILES string of the molecule is CC(C)CCOCCNS(=O)(=O)c1c(N)cccc1F. The van der Waals surface area contributed by atoms with Gasteiger partial charge in [0.05, 0.1) is 12.3 Å². The van der Waals surface area contributed by atoms with E-state index in [1.165, 1.54) is 12.1 Å². The number of hydrogen-bond donors (Lipinski definition) is 2. The average Bonchev–Trinajstić information content (AvgIpc) is 2.32. The molecule has 0 fully saturated rings. The number of anilines is 1. The largest absolute Gasteiger partial charge is 0.398 e. The van der Waals surface area contributed by atoms with E-state index >= 15 is 0 Å². The highest BCUT2D eigenvalue weighted by molar-refractivity contribution is 7.89. The first-order valence-corrected chi connectivity index (χ1v) is 7.94. The lowest BCUT2D eigenvalue weighted by molar-refractivity contribution is 0.128. The van der Waals surface area contributed by atoms with Gasteiger partial charge in [0.15, 0.2) is 0 Å². The van der Waals surface area contributed by atoms with Crippen LogP contribution in [0.15, 0.2) is 23.1 Å². The summed E-state index contributed by atoms with van der Waals surface area (Å²) in [7, 11) is -3.96. The van der Waals surface area contributed by atoms with Gasteiger partial charge < -0.3 is 10.5 Å². The normalized spacial score (nSPS) is 12.0. The smallest absolute Gasteiger partial charge is 0.245 e. The van der Waals surface area contributed by atoms with Crippen LogP contribution in [0.4, 0.5) is 10.1 Å². The van der Waals surface area contributed by atoms with Gasteiger partial charge in [-0.3, -0.25) is 0 Å². The zero-order valence-electron chi connectivity index (χ0n) is 11.7. The Labute approximate surface area is 119 Å². The second-order valence-corrected chi connectivity index (χ2v) is 6.55. The maximum absolute atomic E-state index is 13.5. The number of sulfonamides is 1. The van der Waals surface area contributed by atoms with E-state index in [1.807, 2.05) is 0 Å². The van der Waals surface area contributed by atoms with Gasteiger partial charge in [0, 0.05) is 13.2 Å². The zero-order valence-corrected chi connectivity index (χ0v) is 12.5. The fourth-order valence-electron chi connectivity index (χ4n) is 1.55. The number of nitrogens with one attached hydrogen (secondary N) is 1. The van der Waals surface area contributed by atoms with Gasteiger partial charge in [-0.15, -0.1) is 0 Å². The van der Waals surface area contributed by atoms with Crippen molar-refractivity contribution < 1.29 is 17.5 Å². The molecule has 7 heteroatoms. The van der Waals surface area contributed by atoms with Crippen molar-refractivity contribution in [2.24, 2.45) is 5.92 Å². The summed E-state index contributed by atoms with van der Waals surface area (Å²) in [5.74, 6) is -0.330. The van der Waals surface area contributed by atoms with Crippen molar-refractivity contribution in [3.05, 3.63) is 24.0 Å². The Morgan fingerprint density at radius 1 is 1.35 bits per heavy atom. The number of benzene rings is 1. The van der Waals surface area contributed by atoms with Crippen molar-refractivity contribution in [2.75, 3.05) is 25.5 Å². The molecule has 0 heterocycles. The lowest BCUT2D eigenvalue weighted by Crippen LogP contribution is -2.29. The van der Waals surface area contributed by atoms with E-state index in [0.717, 1.165) is 12.5 Å². The Hall–Kier alpha value is -1.18. The molecule has 0 aliphatic carbocycles. The molecule has 0 saturated heterocycles. The van der Waals surface area contributed by atoms with Crippen molar-refractivity contribution in [3.8, 4) is 0 Å². The third-order valence-corrected chi connectivity index (χ3v) is 4.20. The van der Waals surface area contributed by atoms with Crippen molar-refractivity contribution in [1.82, 2.24) is 4.72 Å². The van der Waals surface area contributed by atoms with Crippen LogP contribution in [0.3, 0.4) is 0 Å². The summed E-state index contributed by atoms with van der Waals surface area (Å²) in [6, 6.07) is 3.76. The lowest BCUT2D eigenvalue weighted by Gasteiger charge is -2.10. The van der Waals surface area contributed by atoms with E-state index in [0.29, 0.717) is 12.5 Å². The number of hydrogen-bond acceptors (Lipinski definition) is 4. The minimum Gasteiger partial charge on any atom is -0.398 e. The van der Waals surface area contributed by atoms with Gasteiger partial charge in [-0.05, 0) is 24.5 Å². The van der Waals surface area contributed by atoms with E-state index in [2.05, 4.69) is 18.6 Å². The lowest BCUT2D eigenvalue weighted by atomic mass is 10.1. The molecule has 0 amide bonds. The van der Waals surface area contributed by atoms with Crippen molar-refractivity contribution in [3.63, 3.8) is 0 Å². The van der Waals surface area contributed by atoms with Gasteiger partial charge in [-0.1, -0.05) is 19.9 Å². The van der Waals surface area contributed by atoms with Gasteiger partial charge in [0.25, 0.3) is 0 Å². The summed E-state index contributed by atoms with van der Waals surface area (Å²) >= 11 is 0. The number of halogens is 1. The molecule has 1 rings (SSSR count). The predicted octanol–water partition coefficient (Wildman–Crippen LogP) is 1.75. The highest BCUT2D eigenvalue weighted by atomic mass is 32.2. The Balaban J connectivity index is 2.50. The molecule has 0 aromatic heterocycles. The molecular formula is C13H21FN2O3S. The predicted molar refractivity (Wildman–Crippen MR) is 76.3 cm³/mol. The van der Waals surface area contributed by atoms with Crippen molar-refractivity contribution in [1.29, 1.82) is 0 Å². The maximum Gasteiger partial charge on any atom is 0.245 e. The molecule has 114 valence electrons. The van der Waals surface area contributed by atoms with E-state index in [9.17, 15) is 12.8 Å². The monoisotopic (exact) mass is 304 g/mol. The summed E-state index contributed by atoms with van der Waals surface area (Å²) in [6.45, 7) is 5.04. The van der Waals surface area contributed by atoms with Crippen LogP contribution in [0.25, 0.3) is 0 Å². The fraction of sp³-hybridized carbons (Fsp3) is 0.538. The zero-order chi connectivity index (χ0) is 15.2. The molecule has 0 aliphatic rings. The minimum absolute atomic E-state index is 0.0776. The average molecular weight is 304 g/mol. The first-order valence-electron chi connectivity index (χ1n) is 6.46. The summed E-state index contributed by atoms with van der Waals surface area (Å²) in [6.07, 6.45) is 0.910. The first-order chi connectivity index (χ1) is 9.34. The molecule has 1 aromatic carbocycles. The van der Waals surface area contributed by atoms with Gasteiger partial charge in [-0.25, -0.2) is 17.5 Å². The second kappa shape index (κ2) is 7.56. The van der Waals surface area contributed by atoms with Crippen LogP contribution in [-0.2, 0) is 14.8 Å². The van der Waals surface area contributed by atoms with Gasteiger partial charge in [-0.2, -0.15) is 0 Å². The van der Waals surface area contributed by atoms with Gasteiger partial charge in [0.1, 0.15) is 10.7 Å². The van der Waals surface area contributed by atoms with Gasteiger partial charge >= 0.3 is 0 Å². The third kappa shape index (κ3) is 5.07.